The number of rotatable bonds is 4. The molecular formula is C13H16O3. The number of benzene rings is 1. The van der Waals surface area contributed by atoms with Crippen LogP contribution in [0.3, 0.4) is 0 Å². The molecule has 0 atom stereocenters. The van der Waals surface area contributed by atoms with Crippen LogP contribution in [0.5, 0.6) is 5.75 Å². The second-order valence-electron chi connectivity index (χ2n) is 3.81. The number of hydrogen-bond acceptors (Lipinski definition) is 2. The molecule has 0 aliphatic heterocycles. The Balaban J connectivity index is 3.10. The molecule has 1 rings (SSSR count). The third kappa shape index (κ3) is 2.63. The van der Waals surface area contributed by atoms with Gasteiger partial charge < -0.3 is 9.84 Å². The summed E-state index contributed by atoms with van der Waals surface area (Å²) in [5, 5.41) is 8.72. The van der Waals surface area contributed by atoms with Gasteiger partial charge in [-0.2, -0.15) is 0 Å². The molecule has 0 fully saturated rings. The Kier molecular flexibility index (Phi) is 3.72. The Bertz CT molecular complexity index is 433. The van der Waals surface area contributed by atoms with E-state index in [0.717, 1.165) is 22.4 Å². The molecule has 0 saturated heterocycles. The number of aryl methyl sites for hydroxylation is 2. The van der Waals surface area contributed by atoms with Crippen LogP contribution in [0.15, 0.2) is 18.7 Å². The molecule has 0 radical (unpaired) electrons. The third-order valence-electron chi connectivity index (χ3n) is 2.49. The molecule has 86 valence electrons. The van der Waals surface area contributed by atoms with Gasteiger partial charge in [0, 0.05) is 0 Å². The first-order valence-corrected chi connectivity index (χ1v) is 5.01. The Morgan fingerprint density at radius 3 is 2.50 bits per heavy atom. The first kappa shape index (κ1) is 12.3. The maximum Gasteiger partial charge on any atom is 0.307 e. The summed E-state index contributed by atoms with van der Waals surface area (Å²) in [7, 11) is 1.62. The fourth-order valence-corrected chi connectivity index (χ4v) is 1.67. The molecule has 1 N–H and O–H groups in total. The van der Waals surface area contributed by atoms with Crippen LogP contribution < -0.4 is 4.74 Å². The minimum absolute atomic E-state index is 0.0351. The highest BCUT2D eigenvalue weighted by Crippen LogP contribution is 2.27. The maximum absolute atomic E-state index is 10.6. The Morgan fingerprint density at radius 1 is 1.38 bits per heavy atom. The first-order chi connectivity index (χ1) is 7.45. The molecule has 1 aromatic carbocycles. The van der Waals surface area contributed by atoms with E-state index in [-0.39, 0.29) is 6.42 Å². The van der Waals surface area contributed by atoms with Crippen LogP contribution in [0.25, 0.3) is 5.57 Å². The summed E-state index contributed by atoms with van der Waals surface area (Å²) < 4.78 is 5.20. The number of carboxylic acid groups (broad SMARTS) is 1. The molecule has 0 unspecified atom stereocenters. The molecule has 0 aromatic heterocycles. The van der Waals surface area contributed by atoms with Crippen molar-refractivity contribution in [3.05, 3.63) is 35.4 Å². The van der Waals surface area contributed by atoms with Crippen LogP contribution in [-0.2, 0) is 4.79 Å². The lowest BCUT2D eigenvalue weighted by Gasteiger charge is -2.12. The monoisotopic (exact) mass is 220 g/mol. The van der Waals surface area contributed by atoms with Gasteiger partial charge in [0.05, 0.1) is 13.5 Å². The van der Waals surface area contributed by atoms with E-state index in [2.05, 4.69) is 6.58 Å². The van der Waals surface area contributed by atoms with Crippen LogP contribution in [0.2, 0.25) is 0 Å². The van der Waals surface area contributed by atoms with Crippen molar-refractivity contribution in [1.82, 2.24) is 0 Å². The Morgan fingerprint density at radius 2 is 2.00 bits per heavy atom. The third-order valence-corrected chi connectivity index (χ3v) is 2.49. The van der Waals surface area contributed by atoms with E-state index >= 15 is 0 Å². The fourth-order valence-electron chi connectivity index (χ4n) is 1.67. The average molecular weight is 220 g/mol. The zero-order valence-electron chi connectivity index (χ0n) is 9.83. The van der Waals surface area contributed by atoms with Crippen LogP contribution in [-0.4, -0.2) is 18.2 Å². The standard InChI is InChI=1S/C13H16O3/c1-8-6-12(16-4)10(3)5-11(8)9(2)7-13(14)15/h5-6H,2,7H2,1,3-4H3,(H,14,15). The molecule has 0 heterocycles. The normalized spacial score (nSPS) is 9.94. The van der Waals surface area contributed by atoms with Crippen molar-refractivity contribution < 1.29 is 14.6 Å². The van der Waals surface area contributed by atoms with Crippen LogP contribution in [0.1, 0.15) is 23.1 Å². The van der Waals surface area contributed by atoms with Gasteiger partial charge in [-0.25, -0.2) is 0 Å². The van der Waals surface area contributed by atoms with Crippen molar-refractivity contribution >= 4 is 11.5 Å². The fraction of sp³-hybridized carbons (Fsp3) is 0.308. The molecule has 0 saturated carbocycles. The van der Waals surface area contributed by atoms with Crippen molar-refractivity contribution in [3.8, 4) is 5.75 Å². The number of carbonyl (C=O) groups is 1. The zero-order chi connectivity index (χ0) is 12.3. The average Bonchev–Trinajstić information content (AvgIpc) is 2.19. The first-order valence-electron chi connectivity index (χ1n) is 5.01. The molecule has 0 spiro atoms. The highest BCUT2D eigenvalue weighted by molar-refractivity contribution is 5.84. The largest absolute Gasteiger partial charge is 0.496 e. The van der Waals surface area contributed by atoms with E-state index in [1.165, 1.54) is 0 Å². The highest BCUT2D eigenvalue weighted by Gasteiger charge is 2.10. The predicted molar refractivity (Wildman–Crippen MR) is 63.8 cm³/mol. The van der Waals surface area contributed by atoms with Crippen molar-refractivity contribution in [2.75, 3.05) is 7.11 Å². The summed E-state index contributed by atoms with van der Waals surface area (Å²) in [4.78, 5) is 10.6. The molecule has 0 aliphatic rings. The van der Waals surface area contributed by atoms with Crippen molar-refractivity contribution in [2.24, 2.45) is 0 Å². The lowest BCUT2D eigenvalue weighted by Crippen LogP contribution is -1.99. The van der Waals surface area contributed by atoms with Crippen LogP contribution in [0.4, 0.5) is 0 Å². The summed E-state index contributed by atoms with van der Waals surface area (Å²) in [5.41, 5.74) is 3.47. The number of carboxylic acids is 1. The molecule has 1 aromatic rings. The van der Waals surface area contributed by atoms with Gasteiger partial charge in [-0.1, -0.05) is 6.58 Å². The molecule has 16 heavy (non-hydrogen) atoms. The highest BCUT2D eigenvalue weighted by atomic mass is 16.5. The van der Waals surface area contributed by atoms with Gasteiger partial charge in [0.2, 0.25) is 0 Å². The van der Waals surface area contributed by atoms with E-state index in [4.69, 9.17) is 9.84 Å². The summed E-state index contributed by atoms with van der Waals surface area (Å²) in [6.45, 7) is 7.65. The van der Waals surface area contributed by atoms with E-state index < -0.39 is 5.97 Å². The molecule has 3 heteroatoms. The summed E-state index contributed by atoms with van der Waals surface area (Å²) in [6, 6.07) is 3.82. The molecule has 0 bridgehead atoms. The minimum atomic E-state index is -0.863. The van der Waals surface area contributed by atoms with Gasteiger partial charge in [0.1, 0.15) is 5.75 Å². The van der Waals surface area contributed by atoms with Gasteiger partial charge in [0.25, 0.3) is 0 Å². The number of aliphatic carboxylic acids is 1. The Hall–Kier alpha value is -1.77. The maximum atomic E-state index is 10.6. The zero-order valence-corrected chi connectivity index (χ0v) is 9.83. The van der Waals surface area contributed by atoms with Crippen molar-refractivity contribution in [3.63, 3.8) is 0 Å². The molecule has 0 amide bonds. The molecule has 0 aliphatic carbocycles. The van der Waals surface area contributed by atoms with Crippen molar-refractivity contribution in [1.29, 1.82) is 0 Å². The summed E-state index contributed by atoms with van der Waals surface area (Å²) in [5.74, 6) is -0.0535. The topological polar surface area (TPSA) is 46.5 Å². The quantitative estimate of drug-likeness (QED) is 0.848. The van der Waals surface area contributed by atoms with Gasteiger partial charge in [-0.15, -0.1) is 0 Å². The van der Waals surface area contributed by atoms with Gasteiger partial charge in [-0.3, -0.25) is 4.79 Å². The Labute approximate surface area is 95.4 Å². The van der Waals surface area contributed by atoms with E-state index in [1.807, 2.05) is 26.0 Å². The number of ether oxygens (including phenoxy) is 1. The van der Waals surface area contributed by atoms with E-state index in [1.54, 1.807) is 7.11 Å². The van der Waals surface area contributed by atoms with Crippen LogP contribution >= 0.6 is 0 Å². The molecular weight excluding hydrogens is 204 g/mol. The predicted octanol–water partition coefficient (Wildman–Crippen LogP) is 2.80. The summed E-state index contributed by atoms with van der Waals surface area (Å²) in [6.07, 6.45) is -0.0351. The van der Waals surface area contributed by atoms with Crippen LogP contribution in [0, 0.1) is 13.8 Å². The van der Waals surface area contributed by atoms with Gasteiger partial charge in [0.15, 0.2) is 0 Å². The summed E-state index contributed by atoms with van der Waals surface area (Å²) >= 11 is 0. The number of hydrogen-bond donors (Lipinski definition) is 1. The van der Waals surface area contributed by atoms with Gasteiger partial charge in [-0.05, 0) is 48.2 Å². The van der Waals surface area contributed by atoms with E-state index in [0.29, 0.717) is 5.57 Å². The van der Waals surface area contributed by atoms with E-state index in [9.17, 15) is 4.79 Å². The number of methoxy groups -OCH3 is 1. The van der Waals surface area contributed by atoms with Gasteiger partial charge >= 0.3 is 5.97 Å². The SMILES string of the molecule is C=C(CC(=O)O)c1cc(C)c(OC)cc1C. The smallest absolute Gasteiger partial charge is 0.307 e. The lowest BCUT2D eigenvalue weighted by atomic mass is 9.97. The minimum Gasteiger partial charge on any atom is -0.496 e. The van der Waals surface area contributed by atoms with Crippen molar-refractivity contribution in [2.45, 2.75) is 20.3 Å². The lowest BCUT2D eigenvalue weighted by molar-refractivity contribution is -0.135. The second kappa shape index (κ2) is 4.84. The molecule has 3 nitrogen and oxygen atoms in total. The second-order valence-corrected chi connectivity index (χ2v) is 3.81.